The van der Waals surface area contributed by atoms with Crippen LogP contribution in [0.4, 0.5) is 8.78 Å². The summed E-state index contributed by atoms with van der Waals surface area (Å²) in [5.41, 5.74) is 5.80. The van der Waals surface area contributed by atoms with E-state index in [1.807, 2.05) is 0 Å². The molecule has 0 spiro atoms. The Morgan fingerprint density at radius 2 is 1.77 bits per heavy atom. The van der Waals surface area contributed by atoms with Gasteiger partial charge in [-0.2, -0.15) is 0 Å². The van der Waals surface area contributed by atoms with Gasteiger partial charge < -0.3 is 5.73 Å². The first-order valence-corrected chi connectivity index (χ1v) is 7.35. The van der Waals surface area contributed by atoms with E-state index in [2.05, 4.69) is 0 Å². The molecule has 0 saturated heterocycles. The van der Waals surface area contributed by atoms with Crippen LogP contribution in [0.15, 0.2) is 36.4 Å². The fourth-order valence-corrected chi connectivity index (χ4v) is 2.88. The summed E-state index contributed by atoms with van der Waals surface area (Å²) in [4.78, 5) is 12.5. The predicted octanol–water partition coefficient (Wildman–Crippen LogP) is 3.84. The van der Waals surface area contributed by atoms with Crippen molar-refractivity contribution in [1.82, 2.24) is 0 Å². The van der Waals surface area contributed by atoms with Crippen LogP contribution in [0, 0.1) is 11.6 Å². The van der Waals surface area contributed by atoms with E-state index in [0.29, 0.717) is 12.1 Å². The van der Waals surface area contributed by atoms with E-state index >= 15 is 0 Å². The van der Waals surface area contributed by atoms with Crippen molar-refractivity contribution in [3.8, 4) is 0 Å². The van der Waals surface area contributed by atoms with Gasteiger partial charge in [0.15, 0.2) is 5.78 Å². The van der Waals surface area contributed by atoms with Crippen LogP contribution in [0.1, 0.15) is 34.3 Å². The predicted molar refractivity (Wildman–Crippen MR) is 81.2 cm³/mol. The lowest BCUT2D eigenvalue weighted by Gasteiger charge is -2.16. The third kappa shape index (κ3) is 2.42. The zero-order valence-electron chi connectivity index (χ0n) is 11.7. The van der Waals surface area contributed by atoms with Crippen LogP contribution in [0.3, 0.4) is 0 Å². The van der Waals surface area contributed by atoms with Crippen LogP contribution in [0.2, 0.25) is 5.02 Å². The minimum Gasteiger partial charge on any atom is -0.330 e. The molecule has 1 aliphatic rings. The summed E-state index contributed by atoms with van der Waals surface area (Å²) >= 11 is 6.03. The third-order valence-electron chi connectivity index (χ3n) is 4.24. The highest BCUT2D eigenvalue weighted by atomic mass is 35.5. The number of carbonyl (C=O) groups is 1. The Hall–Kier alpha value is -1.78. The highest BCUT2D eigenvalue weighted by Gasteiger charge is 2.45. The van der Waals surface area contributed by atoms with Crippen LogP contribution in [-0.4, -0.2) is 12.3 Å². The zero-order valence-corrected chi connectivity index (χ0v) is 12.5. The van der Waals surface area contributed by atoms with Crippen molar-refractivity contribution >= 4 is 17.4 Å². The minimum absolute atomic E-state index is 0.0448. The van der Waals surface area contributed by atoms with Crippen LogP contribution in [0.5, 0.6) is 0 Å². The maximum atomic E-state index is 14.8. The fourth-order valence-electron chi connectivity index (χ4n) is 2.65. The Kier molecular flexibility index (Phi) is 3.75. The maximum Gasteiger partial charge on any atom is 0.197 e. The molecule has 5 heteroatoms. The molecule has 0 heterocycles. The van der Waals surface area contributed by atoms with Gasteiger partial charge in [0, 0.05) is 17.5 Å². The molecule has 2 nitrogen and oxygen atoms in total. The first-order valence-electron chi connectivity index (χ1n) is 6.97. The second-order valence-electron chi connectivity index (χ2n) is 5.60. The molecule has 0 amide bonds. The van der Waals surface area contributed by atoms with E-state index in [-0.39, 0.29) is 21.6 Å². The quantitative estimate of drug-likeness (QED) is 0.869. The normalized spacial score (nSPS) is 15.6. The first-order chi connectivity index (χ1) is 10.5. The molecule has 0 aromatic heterocycles. The van der Waals surface area contributed by atoms with Crippen LogP contribution in [0.25, 0.3) is 0 Å². The molecule has 0 atom stereocenters. The second-order valence-corrected chi connectivity index (χ2v) is 6.01. The van der Waals surface area contributed by atoms with Gasteiger partial charge in [-0.15, -0.1) is 0 Å². The molecule has 2 N–H and O–H groups in total. The fraction of sp³-hybridized carbons (Fsp3) is 0.235. The van der Waals surface area contributed by atoms with Gasteiger partial charge >= 0.3 is 0 Å². The summed E-state index contributed by atoms with van der Waals surface area (Å²) in [7, 11) is 0. The van der Waals surface area contributed by atoms with Crippen molar-refractivity contribution in [3.63, 3.8) is 0 Å². The molecule has 114 valence electrons. The monoisotopic (exact) mass is 321 g/mol. The molecule has 22 heavy (non-hydrogen) atoms. The van der Waals surface area contributed by atoms with E-state index in [1.54, 1.807) is 6.07 Å². The summed E-state index contributed by atoms with van der Waals surface area (Å²) in [5.74, 6) is -1.64. The summed E-state index contributed by atoms with van der Waals surface area (Å²) in [6.07, 6.45) is 1.60. The Bertz CT molecular complexity index is 739. The lowest BCUT2D eigenvalue weighted by Crippen LogP contribution is -2.22. The smallest absolute Gasteiger partial charge is 0.197 e. The van der Waals surface area contributed by atoms with Crippen molar-refractivity contribution in [1.29, 1.82) is 0 Å². The first kappa shape index (κ1) is 15.1. The lowest BCUT2D eigenvalue weighted by molar-refractivity contribution is 0.103. The highest BCUT2D eigenvalue weighted by molar-refractivity contribution is 6.35. The minimum atomic E-state index is -0.621. The number of hydrogen-bond acceptors (Lipinski definition) is 2. The number of ketones is 1. The van der Waals surface area contributed by atoms with Crippen LogP contribution in [-0.2, 0) is 5.41 Å². The van der Waals surface area contributed by atoms with Gasteiger partial charge in [0.2, 0.25) is 0 Å². The van der Waals surface area contributed by atoms with Crippen LogP contribution < -0.4 is 5.73 Å². The van der Waals surface area contributed by atoms with Crippen LogP contribution >= 0.6 is 11.6 Å². The summed E-state index contributed by atoms with van der Waals surface area (Å²) < 4.78 is 27.8. The van der Waals surface area contributed by atoms with Gasteiger partial charge in [-0.3, -0.25) is 4.79 Å². The van der Waals surface area contributed by atoms with Crippen molar-refractivity contribution in [2.45, 2.75) is 18.3 Å². The van der Waals surface area contributed by atoms with Gasteiger partial charge in [0.05, 0.1) is 10.6 Å². The molecule has 1 fully saturated rings. The SMILES string of the molecule is NCC1(c2ccc(Cl)c(C(=O)c3ccc(F)cc3)c2F)CC1. The average molecular weight is 322 g/mol. The van der Waals surface area contributed by atoms with E-state index in [1.165, 1.54) is 18.2 Å². The molecular weight excluding hydrogens is 308 g/mol. The molecule has 2 aromatic carbocycles. The lowest BCUT2D eigenvalue weighted by atomic mass is 9.91. The topological polar surface area (TPSA) is 43.1 Å². The van der Waals surface area contributed by atoms with Crippen molar-refractivity contribution < 1.29 is 13.6 Å². The van der Waals surface area contributed by atoms with Gasteiger partial charge in [-0.05, 0) is 48.7 Å². The molecule has 2 aromatic rings. The maximum absolute atomic E-state index is 14.8. The molecular formula is C17H14ClF2NO. The van der Waals surface area contributed by atoms with Crippen molar-refractivity contribution in [2.24, 2.45) is 5.73 Å². The molecule has 0 bridgehead atoms. The second kappa shape index (κ2) is 5.45. The van der Waals surface area contributed by atoms with E-state index in [4.69, 9.17) is 17.3 Å². The molecule has 3 rings (SSSR count). The van der Waals surface area contributed by atoms with Crippen molar-refractivity contribution in [3.05, 3.63) is 69.7 Å². The Labute approximate surface area is 131 Å². The molecule has 1 saturated carbocycles. The molecule has 0 unspecified atom stereocenters. The summed E-state index contributed by atoms with van der Waals surface area (Å²) in [6, 6.07) is 8.06. The molecule has 0 aliphatic heterocycles. The average Bonchev–Trinajstić information content (AvgIpc) is 3.29. The Balaban J connectivity index is 2.08. The van der Waals surface area contributed by atoms with E-state index < -0.39 is 17.4 Å². The van der Waals surface area contributed by atoms with Gasteiger partial charge in [0.25, 0.3) is 0 Å². The number of halogens is 3. The largest absolute Gasteiger partial charge is 0.330 e. The number of hydrogen-bond donors (Lipinski definition) is 1. The van der Waals surface area contributed by atoms with Crippen molar-refractivity contribution in [2.75, 3.05) is 6.54 Å². The van der Waals surface area contributed by atoms with E-state index in [9.17, 15) is 13.6 Å². The Morgan fingerprint density at radius 1 is 1.14 bits per heavy atom. The van der Waals surface area contributed by atoms with Gasteiger partial charge in [-0.1, -0.05) is 17.7 Å². The standard InChI is InChI=1S/C17H14ClF2NO/c18-13-6-5-12(17(9-21)7-8-17)15(20)14(13)16(22)10-1-3-11(19)4-2-10/h1-6H,7-9,21H2. The molecule has 0 radical (unpaired) electrons. The summed E-state index contributed by atoms with van der Waals surface area (Å²) in [6.45, 7) is 0.329. The number of carbonyl (C=O) groups excluding carboxylic acids is 1. The number of rotatable bonds is 4. The van der Waals surface area contributed by atoms with Gasteiger partial charge in [0.1, 0.15) is 11.6 Å². The third-order valence-corrected chi connectivity index (χ3v) is 4.56. The molecule has 1 aliphatic carbocycles. The summed E-state index contributed by atoms with van der Waals surface area (Å²) in [5, 5.41) is 0.0448. The van der Waals surface area contributed by atoms with E-state index in [0.717, 1.165) is 25.0 Å². The number of benzene rings is 2. The highest BCUT2D eigenvalue weighted by Crippen LogP contribution is 2.49. The Morgan fingerprint density at radius 3 is 2.32 bits per heavy atom. The zero-order chi connectivity index (χ0) is 15.9. The number of nitrogens with two attached hydrogens (primary N) is 1. The van der Waals surface area contributed by atoms with Gasteiger partial charge in [-0.25, -0.2) is 8.78 Å².